The van der Waals surface area contributed by atoms with Gasteiger partial charge in [-0.2, -0.15) is 0 Å². The molecule has 0 radical (unpaired) electrons. The van der Waals surface area contributed by atoms with Crippen LogP contribution in [-0.4, -0.2) is 33.3 Å². The second-order valence-corrected chi connectivity index (χ2v) is 7.81. The molecule has 5 nitrogen and oxygen atoms in total. The number of nitrogens with one attached hydrogen (secondary N) is 1. The number of anilines is 1. The summed E-state index contributed by atoms with van der Waals surface area (Å²) in [6.07, 6.45) is 0.280. The highest BCUT2D eigenvalue weighted by Gasteiger charge is 2.12. The molecule has 0 aliphatic rings. The van der Waals surface area contributed by atoms with Crippen molar-refractivity contribution in [1.29, 1.82) is 0 Å². The Balaban J connectivity index is 2.03. The number of halogens is 1. The first kappa shape index (κ1) is 18.3. The molecule has 128 valence electrons. The minimum atomic E-state index is -3.54. The predicted molar refractivity (Wildman–Crippen MR) is 96.5 cm³/mol. The number of nitrogens with zero attached hydrogens (tertiary/aromatic N) is 1. The maximum Gasteiger partial charge on any atom is 0.236 e. The van der Waals surface area contributed by atoms with Gasteiger partial charge in [-0.25, -0.2) is 8.42 Å². The molecule has 2 aromatic carbocycles. The number of carbonyl (C=O) groups is 1. The summed E-state index contributed by atoms with van der Waals surface area (Å²) >= 11 is 5.87. The highest BCUT2D eigenvalue weighted by molar-refractivity contribution is 7.91. The Morgan fingerprint density at radius 3 is 2.33 bits per heavy atom. The van der Waals surface area contributed by atoms with Crippen LogP contribution in [0.15, 0.2) is 48.5 Å². The Kier molecular flexibility index (Phi) is 5.85. The summed E-state index contributed by atoms with van der Waals surface area (Å²) in [5, 5.41) is 0.498. The normalized spacial score (nSPS) is 11.1. The van der Waals surface area contributed by atoms with E-state index in [4.69, 9.17) is 11.6 Å². The standard InChI is InChI=1S/C17H19ClN2O3S/c1-20(2)17(21)11-13-6-8-16(9-7-13)19-24(22,23)12-14-4-3-5-15(18)10-14/h3-10,19H,11-12H2,1-2H3. The summed E-state index contributed by atoms with van der Waals surface area (Å²) in [4.78, 5) is 13.2. The Morgan fingerprint density at radius 1 is 1.08 bits per heavy atom. The van der Waals surface area contributed by atoms with Crippen LogP contribution in [0.4, 0.5) is 5.69 Å². The van der Waals surface area contributed by atoms with E-state index >= 15 is 0 Å². The lowest BCUT2D eigenvalue weighted by Crippen LogP contribution is -2.23. The van der Waals surface area contributed by atoms with E-state index in [1.54, 1.807) is 62.6 Å². The number of benzene rings is 2. The van der Waals surface area contributed by atoms with Gasteiger partial charge in [0.05, 0.1) is 12.2 Å². The van der Waals surface area contributed by atoms with E-state index in [0.717, 1.165) is 5.56 Å². The van der Waals surface area contributed by atoms with Crippen molar-refractivity contribution in [3.8, 4) is 0 Å². The fourth-order valence-corrected chi connectivity index (χ4v) is 3.48. The maximum atomic E-state index is 12.2. The van der Waals surface area contributed by atoms with E-state index in [2.05, 4.69) is 4.72 Å². The fraction of sp³-hybridized carbons (Fsp3) is 0.235. The van der Waals surface area contributed by atoms with Gasteiger partial charge in [0, 0.05) is 24.8 Å². The average Bonchev–Trinajstić information content (AvgIpc) is 2.48. The predicted octanol–water partition coefficient (Wildman–Crippen LogP) is 2.91. The van der Waals surface area contributed by atoms with Crippen LogP contribution in [0, 0.1) is 0 Å². The van der Waals surface area contributed by atoms with E-state index in [9.17, 15) is 13.2 Å². The molecule has 1 N–H and O–H groups in total. The first-order valence-electron chi connectivity index (χ1n) is 7.29. The molecule has 0 fully saturated rings. The summed E-state index contributed by atoms with van der Waals surface area (Å²) in [5.74, 6) is -0.168. The van der Waals surface area contributed by atoms with E-state index in [0.29, 0.717) is 16.3 Å². The topological polar surface area (TPSA) is 66.5 Å². The second kappa shape index (κ2) is 7.68. The zero-order chi connectivity index (χ0) is 17.7. The van der Waals surface area contributed by atoms with Crippen molar-refractivity contribution in [2.45, 2.75) is 12.2 Å². The van der Waals surface area contributed by atoms with Crippen LogP contribution in [0.25, 0.3) is 0 Å². The second-order valence-electron chi connectivity index (χ2n) is 5.65. The van der Waals surface area contributed by atoms with Crippen LogP contribution >= 0.6 is 11.6 Å². The smallest absolute Gasteiger partial charge is 0.236 e. The molecule has 1 amide bonds. The molecule has 2 aromatic rings. The lowest BCUT2D eigenvalue weighted by atomic mass is 10.1. The average molecular weight is 367 g/mol. The Bertz CT molecular complexity index is 818. The summed E-state index contributed by atoms with van der Waals surface area (Å²) < 4.78 is 27.0. The molecule has 2 rings (SSSR count). The molecule has 0 aliphatic carbocycles. The van der Waals surface area contributed by atoms with Crippen molar-refractivity contribution < 1.29 is 13.2 Å². The SMILES string of the molecule is CN(C)C(=O)Cc1ccc(NS(=O)(=O)Cc2cccc(Cl)c2)cc1. The summed E-state index contributed by atoms with van der Waals surface area (Å²) in [6.45, 7) is 0. The Labute approximate surface area is 147 Å². The van der Waals surface area contributed by atoms with E-state index in [1.165, 1.54) is 4.90 Å². The minimum Gasteiger partial charge on any atom is -0.349 e. The van der Waals surface area contributed by atoms with Crippen molar-refractivity contribution in [3.63, 3.8) is 0 Å². The fourth-order valence-electron chi connectivity index (χ4n) is 2.09. The summed E-state index contributed by atoms with van der Waals surface area (Å²) in [5.41, 5.74) is 1.90. The van der Waals surface area contributed by atoms with Gasteiger partial charge in [0.15, 0.2) is 0 Å². The third-order valence-corrected chi connectivity index (χ3v) is 4.82. The minimum absolute atomic E-state index is 0.00992. The summed E-state index contributed by atoms with van der Waals surface area (Å²) in [6, 6.07) is 13.5. The number of hydrogen-bond acceptors (Lipinski definition) is 3. The van der Waals surface area contributed by atoms with Gasteiger partial charge in [0.2, 0.25) is 15.9 Å². The Hall–Kier alpha value is -2.05. The summed E-state index contributed by atoms with van der Waals surface area (Å²) in [7, 11) is -0.147. The number of carbonyl (C=O) groups excluding carboxylic acids is 1. The molecule has 0 heterocycles. The van der Waals surface area contributed by atoms with Gasteiger partial charge >= 0.3 is 0 Å². The number of likely N-dealkylation sites (N-methyl/N-ethyl adjacent to an activating group) is 1. The van der Waals surface area contributed by atoms with Crippen molar-refractivity contribution in [2.75, 3.05) is 18.8 Å². The zero-order valence-electron chi connectivity index (χ0n) is 13.5. The molecule has 0 spiro atoms. The van der Waals surface area contributed by atoms with Crippen LogP contribution in [0.5, 0.6) is 0 Å². The highest BCUT2D eigenvalue weighted by Crippen LogP contribution is 2.17. The van der Waals surface area contributed by atoms with Gasteiger partial charge in [-0.15, -0.1) is 0 Å². The molecule has 7 heteroatoms. The number of sulfonamides is 1. The van der Waals surface area contributed by atoms with Gasteiger partial charge < -0.3 is 4.90 Å². The molecule has 24 heavy (non-hydrogen) atoms. The number of amides is 1. The van der Waals surface area contributed by atoms with Gasteiger partial charge in [-0.3, -0.25) is 9.52 Å². The quantitative estimate of drug-likeness (QED) is 0.854. The Morgan fingerprint density at radius 2 is 1.75 bits per heavy atom. The first-order valence-corrected chi connectivity index (χ1v) is 9.32. The molecule has 0 saturated heterocycles. The zero-order valence-corrected chi connectivity index (χ0v) is 15.1. The van der Waals surface area contributed by atoms with Crippen LogP contribution in [0.3, 0.4) is 0 Å². The molecule has 0 saturated carbocycles. The molecule has 0 atom stereocenters. The third kappa shape index (κ3) is 5.54. The van der Waals surface area contributed by atoms with Gasteiger partial charge in [-0.1, -0.05) is 35.9 Å². The van der Waals surface area contributed by atoms with Crippen LogP contribution < -0.4 is 4.72 Å². The lowest BCUT2D eigenvalue weighted by Gasteiger charge is -2.11. The molecule has 0 unspecified atom stereocenters. The van der Waals surface area contributed by atoms with Crippen LogP contribution in [0.1, 0.15) is 11.1 Å². The van der Waals surface area contributed by atoms with Crippen molar-refractivity contribution >= 4 is 33.2 Å². The van der Waals surface area contributed by atoms with Crippen molar-refractivity contribution in [3.05, 3.63) is 64.7 Å². The number of rotatable bonds is 6. The molecular formula is C17H19ClN2O3S. The van der Waals surface area contributed by atoms with Crippen molar-refractivity contribution in [1.82, 2.24) is 4.90 Å². The van der Waals surface area contributed by atoms with Gasteiger partial charge in [0.1, 0.15) is 0 Å². The molecule has 0 aliphatic heterocycles. The van der Waals surface area contributed by atoms with Gasteiger partial charge in [-0.05, 0) is 35.4 Å². The first-order chi connectivity index (χ1) is 11.2. The third-order valence-electron chi connectivity index (χ3n) is 3.33. The molecular weight excluding hydrogens is 348 g/mol. The lowest BCUT2D eigenvalue weighted by molar-refractivity contribution is -0.127. The maximum absolute atomic E-state index is 12.2. The van der Waals surface area contributed by atoms with E-state index in [-0.39, 0.29) is 18.1 Å². The van der Waals surface area contributed by atoms with Crippen LogP contribution in [0.2, 0.25) is 5.02 Å². The van der Waals surface area contributed by atoms with E-state index in [1.807, 2.05) is 0 Å². The monoisotopic (exact) mass is 366 g/mol. The number of hydrogen-bond donors (Lipinski definition) is 1. The van der Waals surface area contributed by atoms with E-state index < -0.39 is 10.0 Å². The van der Waals surface area contributed by atoms with Crippen molar-refractivity contribution in [2.24, 2.45) is 0 Å². The van der Waals surface area contributed by atoms with Gasteiger partial charge in [0.25, 0.3) is 0 Å². The van der Waals surface area contributed by atoms with Crippen LogP contribution in [-0.2, 0) is 27.0 Å². The molecule has 0 aromatic heterocycles. The highest BCUT2D eigenvalue weighted by atomic mass is 35.5. The molecule has 0 bridgehead atoms. The largest absolute Gasteiger partial charge is 0.349 e.